The maximum atomic E-state index is 12.6. The third kappa shape index (κ3) is 2.38. The van der Waals surface area contributed by atoms with Crippen molar-refractivity contribution in [1.82, 2.24) is 25.1 Å². The number of β-amino-alcohol motifs (C(OH)–C–C–N with tert-alkyl or cyclic N) is 1. The highest BCUT2D eigenvalue weighted by atomic mass is 32.1. The lowest BCUT2D eigenvalue weighted by Crippen LogP contribution is -2.40. The van der Waals surface area contributed by atoms with Crippen molar-refractivity contribution in [2.45, 2.75) is 18.6 Å². The summed E-state index contributed by atoms with van der Waals surface area (Å²) in [5.41, 5.74) is 0.487. The van der Waals surface area contributed by atoms with E-state index in [9.17, 15) is 14.7 Å². The highest BCUT2D eigenvalue weighted by Gasteiger charge is 2.40. The largest absolute Gasteiger partial charge is 0.480 e. The first-order valence-electron chi connectivity index (χ1n) is 6.10. The highest BCUT2D eigenvalue weighted by molar-refractivity contribution is 7.12. The molecule has 0 radical (unpaired) electrons. The van der Waals surface area contributed by atoms with Gasteiger partial charge in [-0.25, -0.2) is 4.79 Å². The van der Waals surface area contributed by atoms with Crippen LogP contribution in [0.15, 0.2) is 17.8 Å². The minimum absolute atomic E-state index is 0.00273. The number of tetrazole rings is 1. The minimum Gasteiger partial charge on any atom is -0.480 e. The molecule has 2 aromatic heterocycles. The molecule has 9 nitrogen and oxygen atoms in total. The average molecular weight is 309 g/mol. The molecule has 0 unspecified atom stereocenters. The molecule has 1 fully saturated rings. The van der Waals surface area contributed by atoms with Crippen LogP contribution in [0.3, 0.4) is 0 Å². The van der Waals surface area contributed by atoms with Crippen LogP contribution in [0, 0.1) is 0 Å². The summed E-state index contributed by atoms with van der Waals surface area (Å²) in [6.07, 6.45) is 0.561. The lowest BCUT2D eigenvalue weighted by molar-refractivity contribution is -0.141. The van der Waals surface area contributed by atoms with Gasteiger partial charge in [0, 0.05) is 13.0 Å². The fourth-order valence-electron chi connectivity index (χ4n) is 2.32. The predicted molar refractivity (Wildman–Crippen MR) is 70.1 cm³/mol. The Labute approximate surface area is 122 Å². The number of rotatable bonds is 3. The Hall–Kier alpha value is -2.33. The van der Waals surface area contributed by atoms with Crippen LogP contribution in [-0.2, 0) is 4.79 Å². The van der Waals surface area contributed by atoms with Gasteiger partial charge in [-0.2, -0.15) is 4.68 Å². The summed E-state index contributed by atoms with van der Waals surface area (Å²) < 4.78 is 1.34. The molecule has 2 atom stereocenters. The highest BCUT2D eigenvalue weighted by Crippen LogP contribution is 2.26. The Balaban J connectivity index is 1.93. The Morgan fingerprint density at radius 3 is 2.90 bits per heavy atom. The van der Waals surface area contributed by atoms with E-state index in [-0.39, 0.29) is 13.0 Å². The van der Waals surface area contributed by atoms with Gasteiger partial charge >= 0.3 is 5.97 Å². The number of likely N-dealkylation sites (tertiary alicyclic amines) is 1. The van der Waals surface area contributed by atoms with Gasteiger partial charge in [-0.3, -0.25) is 4.79 Å². The predicted octanol–water partition coefficient (Wildman–Crippen LogP) is -0.616. The average Bonchev–Trinajstić information content (AvgIpc) is 3.17. The number of amides is 1. The van der Waals surface area contributed by atoms with Gasteiger partial charge in [0.05, 0.1) is 11.8 Å². The van der Waals surface area contributed by atoms with Gasteiger partial charge in [-0.15, -0.1) is 16.4 Å². The zero-order valence-electron chi connectivity index (χ0n) is 10.7. The molecule has 1 aliphatic heterocycles. The Morgan fingerprint density at radius 1 is 1.43 bits per heavy atom. The summed E-state index contributed by atoms with van der Waals surface area (Å²) in [6, 6.07) is 0.660. The minimum atomic E-state index is -1.12. The first kappa shape index (κ1) is 13.6. The number of thiophene rings is 1. The monoisotopic (exact) mass is 309 g/mol. The zero-order chi connectivity index (χ0) is 15.0. The molecule has 3 rings (SSSR count). The second-order valence-electron chi connectivity index (χ2n) is 4.59. The van der Waals surface area contributed by atoms with Crippen molar-refractivity contribution in [1.29, 1.82) is 0 Å². The maximum absolute atomic E-state index is 12.6. The molecule has 10 heteroatoms. The van der Waals surface area contributed by atoms with Crippen molar-refractivity contribution in [3.05, 3.63) is 22.7 Å². The first-order valence-corrected chi connectivity index (χ1v) is 6.98. The van der Waals surface area contributed by atoms with Crippen LogP contribution < -0.4 is 0 Å². The van der Waals surface area contributed by atoms with Crippen LogP contribution in [0.1, 0.15) is 16.1 Å². The van der Waals surface area contributed by atoms with E-state index in [1.807, 2.05) is 0 Å². The third-order valence-electron chi connectivity index (χ3n) is 3.26. The standard InChI is InChI=1S/C11H11N5O4S/c17-6-3-8(11(19)20)15(4-6)10(18)9-7(1-2-21-9)16-5-12-13-14-16/h1-2,5-6,8,17H,3-4H2,(H,19,20)/t6-,8-/m0/s1. The number of carbonyl (C=O) groups excluding carboxylic acids is 1. The van der Waals surface area contributed by atoms with Crippen molar-refractivity contribution in [3.8, 4) is 5.69 Å². The van der Waals surface area contributed by atoms with E-state index in [2.05, 4.69) is 15.5 Å². The number of aromatic nitrogens is 4. The van der Waals surface area contributed by atoms with Crippen LogP contribution in [0.2, 0.25) is 0 Å². The van der Waals surface area contributed by atoms with Crippen molar-refractivity contribution in [2.24, 2.45) is 0 Å². The van der Waals surface area contributed by atoms with E-state index >= 15 is 0 Å². The number of aliphatic carboxylic acids is 1. The number of hydrogen-bond donors (Lipinski definition) is 2. The summed E-state index contributed by atoms with van der Waals surface area (Å²) in [5, 5.41) is 31.2. The molecule has 110 valence electrons. The quantitative estimate of drug-likeness (QED) is 0.775. The molecule has 0 bridgehead atoms. The lowest BCUT2D eigenvalue weighted by Gasteiger charge is -2.20. The fraction of sp³-hybridized carbons (Fsp3) is 0.364. The van der Waals surface area contributed by atoms with Gasteiger partial charge in [-0.05, 0) is 21.9 Å². The zero-order valence-corrected chi connectivity index (χ0v) is 11.5. The molecule has 0 saturated carbocycles. The topological polar surface area (TPSA) is 121 Å². The van der Waals surface area contributed by atoms with Crippen LogP contribution in [0.25, 0.3) is 5.69 Å². The van der Waals surface area contributed by atoms with E-state index in [0.29, 0.717) is 10.6 Å². The molecule has 1 saturated heterocycles. The smallest absolute Gasteiger partial charge is 0.326 e. The van der Waals surface area contributed by atoms with E-state index in [0.717, 1.165) is 0 Å². The van der Waals surface area contributed by atoms with Crippen LogP contribution in [0.5, 0.6) is 0 Å². The number of aliphatic hydroxyl groups excluding tert-OH is 1. The summed E-state index contributed by atoms with van der Waals surface area (Å²) >= 11 is 1.18. The van der Waals surface area contributed by atoms with Gasteiger partial charge in [0.2, 0.25) is 0 Å². The van der Waals surface area contributed by atoms with Gasteiger partial charge < -0.3 is 15.1 Å². The van der Waals surface area contributed by atoms with E-state index in [1.165, 1.54) is 27.2 Å². The van der Waals surface area contributed by atoms with Gasteiger partial charge in [-0.1, -0.05) is 0 Å². The van der Waals surface area contributed by atoms with Gasteiger partial charge in [0.25, 0.3) is 5.91 Å². The molecular formula is C11H11N5O4S. The fourth-order valence-corrected chi connectivity index (χ4v) is 3.15. The molecule has 21 heavy (non-hydrogen) atoms. The summed E-state index contributed by atoms with van der Waals surface area (Å²) in [6.45, 7) is 0.00273. The summed E-state index contributed by atoms with van der Waals surface area (Å²) in [7, 11) is 0. The Kier molecular flexibility index (Phi) is 3.39. The number of carboxylic acid groups (broad SMARTS) is 1. The number of hydrogen-bond acceptors (Lipinski definition) is 7. The maximum Gasteiger partial charge on any atom is 0.326 e. The first-order chi connectivity index (χ1) is 10.1. The molecule has 0 aromatic carbocycles. The molecular weight excluding hydrogens is 298 g/mol. The molecule has 0 spiro atoms. The van der Waals surface area contributed by atoms with E-state index in [1.54, 1.807) is 11.4 Å². The normalized spacial score (nSPS) is 21.7. The van der Waals surface area contributed by atoms with Crippen LogP contribution >= 0.6 is 11.3 Å². The Bertz CT molecular complexity index is 670. The SMILES string of the molecule is O=C(O)[C@@H]1C[C@H](O)CN1C(=O)c1sccc1-n1cnnn1. The lowest BCUT2D eigenvalue weighted by atomic mass is 10.2. The van der Waals surface area contributed by atoms with E-state index in [4.69, 9.17) is 5.11 Å². The molecule has 2 aromatic rings. The number of nitrogens with zero attached hydrogens (tertiary/aromatic N) is 5. The van der Waals surface area contributed by atoms with Crippen LogP contribution in [0.4, 0.5) is 0 Å². The Morgan fingerprint density at radius 2 is 2.24 bits per heavy atom. The summed E-state index contributed by atoms with van der Waals surface area (Å²) in [5.74, 6) is -1.57. The van der Waals surface area contributed by atoms with Crippen molar-refractivity contribution < 1.29 is 19.8 Å². The number of carbonyl (C=O) groups is 2. The molecule has 1 amide bonds. The third-order valence-corrected chi connectivity index (χ3v) is 4.15. The van der Waals surface area contributed by atoms with Gasteiger partial charge in [0.1, 0.15) is 17.2 Å². The second-order valence-corrected chi connectivity index (χ2v) is 5.51. The van der Waals surface area contributed by atoms with Crippen molar-refractivity contribution >= 4 is 23.2 Å². The van der Waals surface area contributed by atoms with Crippen LogP contribution in [-0.4, -0.2) is 65.9 Å². The molecule has 3 heterocycles. The van der Waals surface area contributed by atoms with Gasteiger partial charge in [0.15, 0.2) is 0 Å². The molecule has 2 N–H and O–H groups in total. The summed E-state index contributed by atoms with van der Waals surface area (Å²) in [4.78, 5) is 25.3. The number of aliphatic hydroxyl groups is 1. The second kappa shape index (κ2) is 5.22. The van der Waals surface area contributed by atoms with Crippen molar-refractivity contribution in [2.75, 3.05) is 6.54 Å². The van der Waals surface area contributed by atoms with Crippen molar-refractivity contribution in [3.63, 3.8) is 0 Å². The molecule has 1 aliphatic rings. The van der Waals surface area contributed by atoms with E-state index < -0.39 is 24.0 Å². The number of carboxylic acids is 1. The molecule has 0 aliphatic carbocycles.